The fraction of sp³-hybridized carbons (Fsp3) is 0.375. The molecular weight excluding hydrogens is 293 g/mol. The lowest BCUT2D eigenvalue weighted by Gasteiger charge is -2.19. The predicted molar refractivity (Wildman–Crippen MR) is 64.6 cm³/mol. The zero-order valence-corrected chi connectivity index (χ0v) is 10.9. The fourth-order valence-corrected chi connectivity index (χ4v) is 1.88. The van der Waals surface area contributed by atoms with E-state index in [1.54, 1.807) is 0 Å². The first-order valence-corrected chi connectivity index (χ1v) is 6.85. The molecule has 110 valence electrons. The van der Waals surface area contributed by atoms with E-state index in [0.29, 0.717) is 0 Å². The summed E-state index contributed by atoms with van der Waals surface area (Å²) in [7, 11) is -4.88. The Hall–Kier alpha value is -1.78. The van der Waals surface area contributed by atoms with E-state index >= 15 is 0 Å². The molecule has 0 amide bonds. The number of phosphoric acid groups is 1. The van der Waals surface area contributed by atoms with Gasteiger partial charge in [-0.25, -0.2) is 14.5 Å². The number of aliphatic hydroxyl groups is 2. The first-order chi connectivity index (χ1) is 9.31. The third-order valence-electron chi connectivity index (χ3n) is 2.35. The first kappa shape index (κ1) is 14.6. The summed E-state index contributed by atoms with van der Waals surface area (Å²) in [6.45, 7) is -0.861. The van der Waals surface area contributed by atoms with Crippen LogP contribution in [0.5, 0.6) is 6.01 Å². The molecule has 20 heavy (non-hydrogen) atoms. The molecule has 2 aliphatic rings. The van der Waals surface area contributed by atoms with Gasteiger partial charge in [-0.3, -0.25) is 14.4 Å². The highest BCUT2D eigenvalue weighted by Crippen LogP contribution is 2.39. The van der Waals surface area contributed by atoms with E-state index in [2.05, 4.69) is 19.5 Å². The lowest BCUT2D eigenvalue weighted by Crippen LogP contribution is -2.24. The van der Waals surface area contributed by atoms with Crippen LogP contribution in [0.3, 0.4) is 0 Å². The Morgan fingerprint density at radius 2 is 2.15 bits per heavy atom. The maximum absolute atomic E-state index is 10.9. The van der Waals surface area contributed by atoms with Crippen molar-refractivity contribution in [3.05, 3.63) is 6.33 Å². The smallest absolute Gasteiger partial charge is 0.394 e. The molecule has 0 spiro atoms. The van der Waals surface area contributed by atoms with Crippen molar-refractivity contribution in [2.24, 2.45) is 0 Å². The molecule has 0 aromatic heterocycles. The molecule has 12 heteroatoms. The van der Waals surface area contributed by atoms with Gasteiger partial charge in [0.1, 0.15) is 12.1 Å². The van der Waals surface area contributed by atoms with E-state index in [1.807, 2.05) is 0 Å². The van der Waals surface area contributed by atoms with Crippen LogP contribution >= 0.6 is 7.82 Å². The summed E-state index contributed by atoms with van der Waals surface area (Å²) in [4.78, 5) is 29.1. The maximum Gasteiger partial charge on any atom is 0.527 e. The van der Waals surface area contributed by atoms with Gasteiger partial charge in [-0.1, -0.05) is 0 Å². The number of aliphatic hydroxyl groups excluding tert-OH is 2. The number of aromatic nitrogens is 4. The van der Waals surface area contributed by atoms with Gasteiger partial charge in [0.15, 0.2) is 11.5 Å². The van der Waals surface area contributed by atoms with Crippen LogP contribution in [-0.2, 0) is 11.1 Å². The highest BCUT2D eigenvalue weighted by Gasteiger charge is 2.26. The molecule has 0 aromatic rings. The molecule has 0 saturated carbocycles. The second-order valence-electron chi connectivity index (χ2n) is 3.85. The van der Waals surface area contributed by atoms with Gasteiger partial charge in [0.25, 0.3) is 0 Å². The van der Waals surface area contributed by atoms with Crippen LogP contribution in [0.15, 0.2) is 6.33 Å². The molecule has 11 nitrogen and oxygen atoms in total. The second-order valence-corrected chi connectivity index (χ2v) is 5.02. The van der Waals surface area contributed by atoms with Crippen LogP contribution in [0.2, 0.25) is 0 Å². The molecule has 0 aromatic carbocycles. The van der Waals surface area contributed by atoms with Crippen molar-refractivity contribution in [1.82, 2.24) is 19.5 Å². The van der Waals surface area contributed by atoms with Crippen molar-refractivity contribution in [2.45, 2.75) is 12.6 Å². The average molecular weight is 305 g/mol. The molecule has 1 unspecified atom stereocenters. The standard InChI is InChI=1S/C8H12N5O6P/c9-6-5-7(11-3-10-5)12-8(19-20(16,17)18)13(6)1-4(15)2-14/h3-4,14-15H,1-2,9H2,(H2,16,17,18). The fourth-order valence-electron chi connectivity index (χ4n) is 1.53. The SMILES string of the molecule is Nc1c2ncnc-2nc(OP(=O)(O)O)n1CC(O)CO. The molecule has 0 radical (unpaired) electrons. The number of hydrogen-bond acceptors (Lipinski definition) is 8. The number of phosphoric ester groups is 1. The number of fused-ring (bicyclic) bond motifs is 1. The minimum atomic E-state index is -4.88. The molecular formula is C8H12N5O6P. The van der Waals surface area contributed by atoms with E-state index in [9.17, 15) is 9.67 Å². The van der Waals surface area contributed by atoms with Crippen LogP contribution in [-0.4, -0.2) is 52.2 Å². The summed E-state index contributed by atoms with van der Waals surface area (Å²) in [6, 6.07) is -0.531. The van der Waals surface area contributed by atoms with Gasteiger partial charge in [-0.2, -0.15) is 4.98 Å². The van der Waals surface area contributed by atoms with Crippen LogP contribution in [0.4, 0.5) is 5.82 Å². The van der Waals surface area contributed by atoms with Crippen molar-refractivity contribution in [1.29, 1.82) is 0 Å². The van der Waals surface area contributed by atoms with Crippen molar-refractivity contribution in [3.63, 3.8) is 0 Å². The normalized spacial score (nSPS) is 13.6. The van der Waals surface area contributed by atoms with Gasteiger partial charge in [0, 0.05) is 0 Å². The van der Waals surface area contributed by atoms with E-state index in [-0.39, 0.29) is 23.9 Å². The molecule has 6 N–H and O–H groups in total. The molecule has 0 bridgehead atoms. The molecule has 2 rings (SSSR count). The van der Waals surface area contributed by atoms with Gasteiger partial charge < -0.3 is 20.5 Å². The van der Waals surface area contributed by atoms with Crippen LogP contribution in [0.1, 0.15) is 0 Å². The Morgan fingerprint density at radius 3 is 2.75 bits per heavy atom. The number of hydrogen-bond donors (Lipinski definition) is 5. The monoisotopic (exact) mass is 305 g/mol. The number of anilines is 1. The zero-order chi connectivity index (χ0) is 14.9. The predicted octanol–water partition coefficient (Wildman–Crippen LogP) is -1.82. The summed E-state index contributed by atoms with van der Waals surface area (Å²) in [5.41, 5.74) is 5.97. The number of rotatable bonds is 5. The largest absolute Gasteiger partial charge is 0.527 e. The average Bonchev–Trinajstić information content (AvgIpc) is 2.80. The minimum Gasteiger partial charge on any atom is -0.394 e. The Bertz CT molecular complexity index is 626. The van der Waals surface area contributed by atoms with Crippen LogP contribution in [0, 0.1) is 0 Å². The number of imidazole rings is 1. The number of nitrogen functional groups attached to an aromatic ring is 1. The molecule has 0 saturated heterocycles. The molecule has 2 heterocycles. The van der Waals surface area contributed by atoms with Gasteiger partial charge in [-0.15, -0.1) is 0 Å². The molecule has 0 aliphatic carbocycles. The van der Waals surface area contributed by atoms with E-state index in [1.165, 1.54) is 6.33 Å². The van der Waals surface area contributed by atoms with Gasteiger partial charge in [0.2, 0.25) is 0 Å². The van der Waals surface area contributed by atoms with Crippen molar-refractivity contribution in [2.75, 3.05) is 12.3 Å². The van der Waals surface area contributed by atoms with Gasteiger partial charge in [-0.05, 0) is 0 Å². The summed E-state index contributed by atoms with van der Waals surface area (Å²) in [5.74, 6) is -0.0101. The molecule has 2 aliphatic heterocycles. The summed E-state index contributed by atoms with van der Waals surface area (Å²) < 4.78 is 16.3. The Morgan fingerprint density at radius 1 is 1.45 bits per heavy atom. The minimum absolute atomic E-state index is 0.0423. The summed E-state index contributed by atoms with van der Waals surface area (Å²) >= 11 is 0. The maximum atomic E-state index is 10.9. The lowest BCUT2D eigenvalue weighted by atomic mass is 10.3. The zero-order valence-electron chi connectivity index (χ0n) is 9.99. The summed E-state index contributed by atoms with van der Waals surface area (Å²) in [5, 5.41) is 18.3. The van der Waals surface area contributed by atoms with Crippen molar-refractivity contribution in [3.8, 4) is 17.5 Å². The lowest BCUT2D eigenvalue weighted by molar-refractivity contribution is 0.0795. The summed E-state index contributed by atoms with van der Waals surface area (Å²) in [6.07, 6.45) is -0.0501. The second kappa shape index (κ2) is 5.31. The highest BCUT2D eigenvalue weighted by atomic mass is 31.2. The number of nitrogens with zero attached hydrogens (tertiary/aromatic N) is 4. The van der Waals surface area contributed by atoms with Crippen LogP contribution < -0.4 is 10.3 Å². The Kier molecular flexibility index (Phi) is 3.88. The van der Waals surface area contributed by atoms with E-state index in [4.69, 9.17) is 20.6 Å². The third-order valence-corrected chi connectivity index (χ3v) is 2.75. The topological polar surface area (TPSA) is 177 Å². The van der Waals surface area contributed by atoms with Gasteiger partial charge in [0.05, 0.1) is 19.3 Å². The Balaban J connectivity index is 2.54. The van der Waals surface area contributed by atoms with Crippen molar-refractivity contribution >= 4 is 13.6 Å². The van der Waals surface area contributed by atoms with Crippen LogP contribution in [0.25, 0.3) is 11.5 Å². The molecule has 0 fully saturated rings. The quantitative estimate of drug-likeness (QED) is 0.395. The molecule has 1 atom stereocenters. The third kappa shape index (κ3) is 3.03. The van der Waals surface area contributed by atoms with Gasteiger partial charge >= 0.3 is 13.8 Å². The van der Waals surface area contributed by atoms with E-state index in [0.717, 1.165) is 4.57 Å². The number of nitrogens with two attached hydrogens (primary N) is 1. The van der Waals surface area contributed by atoms with E-state index < -0.39 is 26.5 Å². The van der Waals surface area contributed by atoms with Crippen molar-refractivity contribution < 1.29 is 29.1 Å². The Labute approximate surface area is 112 Å². The highest BCUT2D eigenvalue weighted by molar-refractivity contribution is 7.46. The first-order valence-electron chi connectivity index (χ1n) is 5.32.